The van der Waals surface area contributed by atoms with Crippen molar-refractivity contribution in [1.82, 2.24) is 14.1 Å². The summed E-state index contributed by atoms with van der Waals surface area (Å²) in [7, 11) is 0. The summed E-state index contributed by atoms with van der Waals surface area (Å²) in [6.07, 6.45) is 4.21. The number of hydrogen-bond donors (Lipinski definition) is 0. The van der Waals surface area contributed by atoms with Gasteiger partial charge in [0.05, 0.1) is 13.1 Å². The summed E-state index contributed by atoms with van der Waals surface area (Å²) in [5.74, 6) is 1.17. The third-order valence-corrected chi connectivity index (χ3v) is 7.48. The maximum atomic E-state index is 6.14. The van der Waals surface area contributed by atoms with E-state index in [0.717, 1.165) is 42.8 Å². The zero-order valence-corrected chi connectivity index (χ0v) is 18.2. The Balaban J connectivity index is 1.21. The predicted molar refractivity (Wildman–Crippen MR) is 123 cm³/mol. The molecule has 1 saturated heterocycles. The van der Waals surface area contributed by atoms with Crippen LogP contribution in [0.5, 0.6) is 0 Å². The normalized spacial score (nSPS) is 20.7. The van der Waals surface area contributed by atoms with Crippen molar-refractivity contribution in [2.75, 3.05) is 39.3 Å². The van der Waals surface area contributed by atoms with Crippen molar-refractivity contribution in [2.45, 2.75) is 30.2 Å². The van der Waals surface area contributed by atoms with Gasteiger partial charge in [0.25, 0.3) is 0 Å². The van der Waals surface area contributed by atoms with Gasteiger partial charge >= 0.3 is 0 Å². The van der Waals surface area contributed by atoms with Gasteiger partial charge in [-0.3, -0.25) is 14.2 Å². The molecule has 0 aromatic heterocycles. The van der Waals surface area contributed by atoms with Gasteiger partial charge in [0.2, 0.25) is 5.96 Å². The highest BCUT2D eigenvalue weighted by molar-refractivity contribution is 7.97. The molecule has 2 aromatic carbocycles. The molecule has 4 nitrogen and oxygen atoms in total. The van der Waals surface area contributed by atoms with Crippen molar-refractivity contribution in [3.63, 3.8) is 0 Å². The highest BCUT2D eigenvalue weighted by atomic mass is 35.5. The highest BCUT2D eigenvalue weighted by Gasteiger charge is 2.31. The molecule has 152 valence electrons. The Morgan fingerprint density at radius 3 is 2.38 bits per heavy atom. The molecule has 2 aliphatic heterocycles. The Labute approximate surface area is 182 Å². The van der Waals surface area contributed by atoms with Gasteiger partial charge in [-0.05, 0) is 60.2 Å². The van der Waals surface area contributed by atoms with Crippen LogP contribution in [0.1, 0.15) is 19.3 Å². The lowest BCUT2D eigenvalue weighted by atomic mass is 9.91. The van der Waals surface area contributed by atoms with Gasteiger partial charge in [-0.25, -0.2) is 0 Å². The molecule has 0 spiro atoms. The van der Waals surface area contributed by atoms with E-state index in [4.69, 9.17) is 16.6 Å². The average molecular weight is 427 g/mol. The minimum atomic E-state index is 0.774. The van der Waals surface area contributed by atoms with Gasteiger partial charge in [0.15, 0.2) is 0 Å². The van der Waals surface area contributed by atoms with E-state index < -0.39 is 0 Å². The van der Waals surface area contributed by atoms with Gasteiger partial charge < -0.3 is 4.90 Å². The molecule has 0 amide bonds. The van der Waals surface area contributed by atoms with Gasteiger partial charge in [-0.1, -0.05) is 42.3 Å². The topological polar surface area (TPSA) is 22.1 Å². The minimum Gasteiger partial charge on any atom is -0.340 e. The number of aliphatic imine (C=N–C) groups is 1. The zero-order valence-electron chi connectivity index (χ0n) is 16.6. The lowest BCUT2D eigenvalue weighted by Gasteiger charge is -2.44. The first-order valence-electron chi connectivity index (χ1n) is 10.6. The summed E-state index contributed by atoms with van der Waals surface area (Å²) < 4.78 is 2.37. The van der Waals surface area contributed by atoms with Gasteiger partial charge in [-0.15, -0.1) is 0 Å². The molecule has 5 rings (SSSR count). The summed E-state index contributed by atoms with van der Waals surface area (Å²) in [6.45, 7) is 6.43. The second-order valence-corrected chi connectivity index (χ2v) is 9.55. The van der Waals surface area contributed by atoms with E-state index in [-0.39, 0.29) is 0 Å². The monoisotopic (exact) mass is 426 g/mol. The first-order valence-corrected chi connectivity index (χ1v) is 11.8. The van der Waals surface area contributed by atoms with Gasteiger partial charge in [0.1, 0.15) is 0 Å². The fraction of sp³-hybridized carbons (Fsp3) is 0.435. The highest BCUT2D eigenvalue weighted by Crippen LogP contribution is 2.30. The lowest BCUT2D eigenvalue weighted by Crippen LogP contribution is -2.55. The van der Waals surface area contributed by atoms with E-state index >= 15 is 0 Å². The molecule has 3 aliphatic rings. The largest absolute Gasteiger partial charge is 0.340 e. The van der Waals surface area contributed by atoms with Crippen molar-refractivity contribution < 1.29 is 0 Å². The van der Waals surface area contributed by atoms with Crippen LogP contribution in [0.25, 0.3) is 11.1 Å². The smallest absolute Gasteiger partial charge is 0.207 e. The van der Waals surface area contributed by atoms with Crippen LogP contribution in [0.3, 0.4) is 0 Å². The number of hydrogen-bond acceptors (Lipinski definition) is 5. The lowest BCUT2D eigenvalue weighted by molar-refractivity contribution is 0.0835. The van der Waals surface area contributed by atoms with Crippen LogP contribution in [0.15, 0.2) is 58.4 Å². The molecule has 0 unspecified atom stereocenters. The molecule has 0 N–H and O–H groups in total. The molecular weight excluding hydrogens is 400 g/mol. The van der Waals surface area contributed by atoms with Crippen molar-refractivity contribution in [3.05, 3.63) is 53.6 Å². The van der Waals surface area contributed by atoms with Gasteiger partial charge in [-0.2, -0.15) is 0 Å². The zero-order chi connectivity index (χ0) is 19.6. The van der Waals surface area contributed by atoms with E-state index in [1.54, 1.807) is 11.9 Å². The fourth-order valence-corrected chi connectivity index (χ4v) is 5.44. The van der Waals surface area contributed by atoms with E-state index in [0.29, 0.717) is 0 Å². The number of halogens is 1. The van der Waals surface area contributed by atoms with Crippen LogP contribution in [-0.2, 0) is 0 Å². The summed E-state index contributed by atoms with van der Waals surface area (Å²) in [6, 6.07) is 17.6. The Morgan fingerprint density at radius 2 is 1.69 bits per heavy atom. The quantitative estimate of drug-likeness (QED) is 0.651. The van der Waals surface area contributed by atoms with Crippen LogP contribution < -0.4 is 0 Å². The summed E-state index contributed by atoms with van der Waals surface area (Å²) >= 11 is 7.94. The summed E-state index contributed by atoms with van der Waals surface area (Å²) in [4.78, 5) is 11.2. The second-order valence-electron chi connectivity index (χ2n) is 8.02. The molecule has 6 heteroatoms. The molecule has 2 aromatic rings. The molecule has 1 aliphatic carbocycles. The van der Waals surface area contributed by atoms with Crippen LogP contribution >= 0.6 is 23.5 Å². The number of benzene rings is 2. The molecular formula is C23H27ClN4S. The third-order valence-electron chi connectivity index (χ3n) is 6.20. The molecule has 29 heavy (non-hydrogen) atoms. The maximum absolute atomic E-state index is 6.14. The molecule has 2 heterocycles. The van der Waals surface area contributed by atoms with Crippen LogP contribution in [0, 0.1) is 0 Å². The Morgan fingerprint density at radius 1 is 0.897 bits per heavy atom. The van der Waals surface area contributed by atoms with E-state index in [1.807, 2.05) is 18.2 Å². The Bertz CT molecular complexity index is 873. The number of piperazine rings is 1. The van der Waals surface area contributed by atoms with E-state index in [9.17, 15) is 0 Å². The minimum absolute atomic E-state index is 0.774. The van der Waals surface area contributed by atoms with Crippen molar-refractivity contribution in [2.24, 2.45) is 4.99 Å². The van der Waals surface area contributed by atoms with Crippen molar-refractivity contribution in [1.29, 1.82) is 0 Å². The molecule has 0 bridgehead atoms. The molecule has 0 radical (unpaired) electrons. The van der Waals surface area contributed by atoms with Crippen LogP contribution in [0.4, 0.5) is 0 Å². The van der Waals surface area contributed by atoms with E-state index in [1.165, 1.54) is 48.8 Å². The number of nitrogens with zero attached hydrogens (tertiary/aromatic N) is 4. The number of rotatable bonds is 4. The number of guanidine groups is 1. The maximum Gasteiger partial charge on any atom is 0.207 e. The van der Waals surface area contributed by atoms with Crippen LogP contribution in [0.2, 0.25) is 5.02 Å². The molecule has 2 fully saturated rings. The Hall–Kier alpha value is -1.69. The van der Waals surface area contributed by atoms with Crippen LogP contribution in [-0.4, -0.2) is 65.4 Å². The fourth-order valence-electron chi connectivity index (χ4n) is 4.31. The second kappa shape index (κ2) is 8.58. The van der Waals surface area contributed by atoms with Gasteiger partial charge in [0, 0.05) is 42.1 Å². The average Bonchev–Trinajstić information content (AvgIpc) is 3.16. The first-order chi connectivity index (χ1) is 14.3. The summed E-state index contributed by atoms with van der Waals surface area (Å²) in [5.41, 5.74) is 2.35. The standard InChI is InChI=1S/C23H27ClN4S/c24-20-4-1-3-19(17-20)18-7-9-22(10-8-18)29-28-12-11-25-23(28)27-15-13-26(14-16-27)21-5-2-6-21/h1,3-4,7-10,17,21H,2,5-6,11-16H2. The van der Waals surface area contributed by atoms with Crippen molar-refractivity contribution in [3.8, 4) is 11.1 Å². The molecule has 0 atom stereocenters. The van der Waals surface area contributed by atoms with E-state index in [2.05, 4.69) is 44.4 Å². The third kappa shape index (κ3) is 4.27. The molecule has 1 saturated carbocycles. The SMILES string of the molecule is Clc1cccc(-c2ccc(SN3CCN=C3N3CCN(C4CCC4)CC3)cc2)c1. The van der Waals surface area contributed by atoms with Crippen molar-refractivity contribution >= 4 is 29.5 Å². The first kappa shape index (κ1) is 19.3. The summed E-state index contributed by atoms with van der Waals surface area (Å²) in [5, 5.41) is 0.774. The predicted octanol–water partition coefficient (Wildman–Crippen LogP) is 4.86. The Kier molecular flexibility index (Phi) is 5.71.